The van der Waals surface area contributed by atoms with E-state index in [1.54, 1.807) is 7.11 Å². The van der Waals surface area contributed by atoms with Crippen molar-refractivity contribution in [3.63, 3.8) is 0 Å². The molecular weight excluding hydrogens is 416 g/mol. The third kappa shape index (κ3) is 4.33. The standard InChI is InChI=1S/C24H23BrO3/c1-26-23-15-24(28-16-17-6-3-2-4-7-17)21(25)14-20(23)13-18-9-10-22-19(12-18)8-5-11-27-22/h2-4,6-7,9-10,12,14-15H,5,8,11,13,16H2,1H3. The molecule has 0 bridgehead atoms. The van der Waals surface area contributed by atoms with Crippen LogP contribution < -0.4 is 14.2 Å². The van der Waals surface area contributed by atoms with Gasteiger partial charge in [0, 0.05) is 12.5 Å². The summed E-state index contributed by atoms with van der Waals surface area (Å²) in [6, 6.07) is 20.7. The molecule has 0 atom stereocenters. The average molecular weight is 439 g/mol. The number of ether oxygens (including phenoxy) is 3. The van der Waals surface area contributed by atoms with Crippen LogP contribution in [0.1, 0.15) is 28.7 Å². The Bertz CT molecular complexity index is 954. The van der Waals surface area contributed by atoms with E-state index in [0.29, 0.717) is 6.61 Å². The van der Waals surface area contributed by atoms with Crippen LogP contribution in [0.15, 0.2) is 65.1 Å². The van der Waals surface area contributed by atoms with Crippen molar-refractivity contribution in [1.29, 1.82) is 0 Å². The van der Waals surface area contributed by atoms with Crippen LogP contribution in [0.25, 0.3) is 0 Å². The quantitative estimate of drug-likeness (QED) is 0.475. The number of methoxy groups -OCH3 is 1. The zero-order valence-electron chi connectivity index (χ0n) is 15.9. The van der Waals surface area contributed by atoms with Crippen molar-refractivity contribution in [1.82, 2.24) is 0 Å². The van der Waals surface area contributed by atoms with E-state index in [0.717, 1.165) is 58.7 Å². The molecule has 0 fully saturated rings. The van der Waals surface area contributed by atoms with Crippen LogP contribution in [0.2, 0.25) is 0 Å². The Morgan fingerprint density at radius 1 is 0.964 bits per heavy atom. The largest absolute Gasteiger partial charge is 0.496 e. The van der Waals surface area contributed by atoms with Crippen molar-refractivity contribution in [3.05, 3.63) is 87.4 Å². The molecule has 0 amide bonds. The maximum absolute atomic E-state index is 6.00. The molecule has 0 unspecified atom stereocenters. The van der Waals surface area contributed by atoms with Gasteiger partial charge in [0.05, 0.1) is 18.2 Å². The fourth-order valence-electron chi connectivity index (χ4n) is 3.49. The van der Waals surface area contributed by atoms with Crippen LogP contribution in [0.3, 0.4) is 0 Å². The summed E-state index contributed by atoms with van der Waals surface area (Å²) in [6.45, 7) is 1.34. The summed E-state index contributed by atoms with van der Waals surface area (Å²) in [5, 5.41) is 0. The van der Waals surface area contributed by atoms with E-state index in [-0.39, 0.29) is 0 Å². The lowest BCUT2D eigenvalue weighted by molar-refractivity contribution is 0.288. The molecule has 0 N–H and O–H groups in total. The van der Waals surface area contributed by atoms with E-state index in [1.165, 1.54) is 11.1 Å². The number of halogens is 1. The number of hydrogen-bond acceptors (Lipinski definition) is 3. The van der Waals surface area contributed by atoms with Crippen LogP contribution in [0.4, 0.5) is 0 Å². The van der Waals surface area contributed by atoms with Crippen molar-refractivity contribution < 1.29 is 14.2 Å². The Kier molecular flexibility index (Phi) is 5.87. The molecule has 0 saturated heterocycles. The molecule has 144 valence electrons. The van der Waals surface area contributed by atoms with Crippen molar-refractivity contribution in [3.8, 4) is 17.2 Å². The van der Waals surface area contributed by atoms with Crippen LogP contribution in [0.5, 0.6) is 17.2 Å². The first-order valence-electron chi connectivity index (χ1n) is 9.50. The normalized spacial score (nSPS) is 12.8. The Morgan fingerprint density at radius 3 is 2.64 bits per heavy atom. The summed E-state index contributed by atoms with van der Waals surface area (Å²) in [7, 11) is 1.70. The number of fused-ring (bicyclic) bond motifs is 1. The number of benzene rings is 3. The lowest BCUT2D eigenvalue weighted by atomic mass is 9.98. The van der Waals surface area contributed by atoms with E-state index in [1.807, 2.05) is 24.3 Å². The molecule has 1 heterocycles. The number of hydrogen-bond donors (Lipinski definition) is 0. The second-order valence-electron chi connectivity index (χ2n) is 6.94. The minimum Gasteiger partial charge on any atom is -0.496 e. The van der Waals surface area contributed by atoms with Crippen molar-refractivity contribution in [2.45, 2.75) is 25.9 Å². The maximum atomic E-state index is 6.00. The summed E-state index contributed by atoms with van der Waals surface area (Å²) in [6.07, 6.45) is 2.96. The average Bonchev–Trinajstić information content (AvgIpc) is 2.74. The second-order valence-corrected chi connectivity index (χ2v) is 7.79. The van der Waals surface area contributed by atoms with Gasteiger partial charge in [-0.05, 0) is 63.2 Å². The first-order valence-corrected chi connectivity index (χ1v) is 10.3. The molecule has 0 aromatic heterocycles. The highest BCUT2D eigenvalue weighted by Gasteiger charge is 2.14. The van der Waals surface area contributed by atoms with Crippen LogP contribution in [-0.4, -0.2) is 13.7 Å². The van der Waals surface area contributed by atoms with Crippen LogP contribution in [0, 0.1) is 0 Å². The molecule has 28 heavy (non-hydrogen) atoms. The molecule has 0 saturated carbocycles. The highest BCUT2D eigenvalue weighted by Crippen LogP contribution is 2.35. The smallest absolute Gasteiger partial charge is 0.137 e. The van der Waals surface area contributed by atoms with Gasteiger partial charge in [-0.1, -0.05) is 42.5 Å². The molecule has 1 aliphatic rings. The van der Waals surface area contributed by atoms with Gasteiger partial charge in [0.2, 0.25) is 0 Å². The molecule has 1 aliphatic heterocycles. The predicted octanol–water partition coefficient (Wildman–Crippen LogP) is 5.95. The summed E-state index contributed by atoms with van der Waals surface area (Å²) in [5.41, 5.74) is 4.81. The molecule has 4 rings (SSSR count). The molecule has 4 heteroatoms. The zero-order chi connectivity index (χ0) is 19.3. The molecule has 0 spiro atoms. The predicted molar refractivity (Wildman–Crippen MR) is 115 cm³/mol. The van der Waals surface area contributed by atoms with E-state index < -0.39 is 0 Å². The van der Waals surface area contributed by atoms with Gasteiger partial charge < -0.3 is 14.2 Å². The molecular formula is C24H23BrO3. The summed E-state index contributed by atoms with van der Waals surface area (Å²) >= 11 is 3.66. The van der Waals surface area contributed by atoms with E-state index in [9.17, 15) is 0 Å². The third-order valence-electron chi connectivity index (χ3n) is 4.94. The Labute approximate surface area is 174 Å². The minimum atomic E-state index is 0.521. The first-order chi connectivity index (χ1) is 13.7. The lowest BCUT2D eigenvalue weighted by Gasteiger charge is -2.18. The Balaban J connectivity index is 1.53. The van der Waals surface area contributed by atoms with E-state index in [4.69, 9.17) is 14.2 Å². The molecule has 3 nitrogen and oxygen atoms in total. The third-order valence-corrected chi connectivity index (χ3v) is 5.56. The molecule has 0 radical (unpaired) electrons. The number of aryl methyl sites for hydroxylation is 1. The summed E-state index contributed by atoms with van der Waals surface area (Å²) in [5.74, 6) is 2.64. The van der Waals surface area contributed by atoms with Gasteiger partial charge in [0.25, 0.3) is 0 Å². The lowest BCUT2D eigenvalue weighted by Crippen LogP contribution is -2.08. The first kappa shape index (κ1) is 18.9. The monoisotopic (exact) mass is 438 g/mol. The Hall–Kier alpha value is -2.46. The zero-order valence-corrected chi connectivity index (χ0v) is 17.5. The Morgan fingerprint density at radius 2 is 1.82 bits per heavy atom. The van der Waals surface area contributed by atoms with Crippen LogP contribution >= 0.6 is 15.9 Å². The van der Waals surface area contributed by atoms with Gasteiger partial charge in [-0.15, -0.1) is 0 Å². The second kappa shape index (κ2) is 8.70. The number of rotatable bonds is 6. The minimum absolute atomic E-state index is 0.521. The SMILES string of the molecule is COc1cc(OCc2ccccc2)c(Br)cc1Cc1ccc2c(c1)CCCO2. The van der Waals surface area contributed by atoms with E-state index in [2.05, 4.69) is 52.3 Å². The van der Waals surface area contributed by atoms with Gasteiger partial charge in [0.1, 0.15) is 23.9 Å². The highest BCUT2D eigenvalue weighted by atomic mass is 79.9. The van der Waals surface area contributed by atoms with Crippen LogP contribution in [-0.2, 0) is 19.4 Å². The summed E-state index contributed by atoms with van der Waals surface area (Å²) < 4.78 is 18.3. The fourth-order valence-corrected chi connectivity index (χ4v) is 4.00. The van der Waals surface area contributed by atoms with Gasteiger partial charge >= 0.3 is 0 Å². The highest BCUT2D eigenvalue weighted by molar-refractivity contribution is 9.10. The van der Waals surface area contributed by atoms with Gasteiger partial charge in [-0.3, -0.25) is 0 Å². The molecule has 3 aromatic carbocycles. The molecule has 3 aromatic rings. The van der Waals surface area contributed by atoms with E-state index >= 15 is 0 Å². The topological polar surface area (TPSA) is 27.7 Å². The van der Waals surface area contributed by atoms with Gasteiger partial charge in [-0.2, -0.15) is 0 Å². The van der Waals surface area contributed by atoms with Crippen molar-refractivity contribution in [2.75, 3.05) is 13.7 Å². The van der Waals surface area contributed by atoms with Gasteiger partial charge in [-0.25, -0.2) is 0 Å². The molecule has 0 aliphatic carbocycles. The summed E-state index contributed by atoms with van der Waals surface area (Å²) in [4.78, 5) is 0. The van der Waals surface area contributed by atoms with Crippen molar-refractivity contribution in [2.24, 2.45) is 0 Å². The van der Waals surface area contributed by atoms with Crippen molar-refractivity contribution >= 4 is 15.9 Å². The fraction of sp³-hybridized carbons (Fsp3) is 0.250. The maximum Gasteiger partial charge on any atom is 0.137 e. The van der Waals surface area contributed by atoms with Gasteiger partial charge in [0.15, 0.2) is 0 Å².